The molecule has 116 valence electrons. The van der Waals surface area contributed by atoms with Gasteiger partial charge < -0.3 is 11.1 Å². The van der Waals surface area contributed by atoms with Crippen molar-refractivity contribution in [3.8, 4) is 0 Å². The van der Waals surface area contributed by atoms with Crippen LogP contribution in [0.4, 0.5) is 4.39 Å². The van der Waals surface area contributed by atoms with Gasteiger partial charge in [-0.15, -0.1) is 0 Å². The molecule has 0 aliphatic carbocycles. The highest BCUT2D eigenvalue weighted by Crippen LogP contribution is 2.06. The van der Waals surface area contributed by atoms with E-state index in [0.29, 0.717) is 12.5 Å². The first-order chi connectivity index (χ1) is 10.7. The van der Waals surface area contributed by atoms with E-state index in [1.165, 1.54) is 11.6 Å². The zero-order valence-electron chi connectivity index (χ0n) is 12.6. The van der Waals surface area contributed by atoms with Gasteiger partial charge in [-0.1, -0.05) is 42.5 Å². The standard InChI is InChI=1S/C18H22FN3/c19-17-10-4-8-16(14-17)9-5-12-21-18(20)22-13-11-15-6-2-1-3-7-15/h1-4,6-8,10,14H,5,9,11-13H2,(H3,20,21,22). The molecule has 0 amide bonds. The summed E-state index contributed by atoms with van der Waals surface area (Å²) >= 11 is 0. The lowest BCUT2D eigenvalue weighted by Gasteiger charge is -2.06. The van der Waals surface area contributed by atoms with Gasteiger partial charge in [0.05, 0.1) is 0 Å². The summed E-state index contributed by atoms with van der Waals surface area (Å²) < 4.78 is 13.0. The highest BCUT2D eigenvalue weighted by molar-refractivity contribution is 5.77. The molecule has 0 spiro atoms. The van der Waals surface area contributed by atoms with Gasteiger partial charge in [-0.2, -0.15) is 0 Å². The molecule has 0 unspecified atom stereocenters. The summed E-state index contributed by atoms with van der Waals surface area (Å²) in [5.41, 5.74) is 8.08. The summed E-state index contributed by atoms with van der Waals surface area (Å²) in [4.78, 5) is 4.28. The topological polar surface area (TPSA) is 50.4 Å². The second-order valence-electron chi connectivity index (χ2n) is 5.16. The SMILES string of the molecule is NC(=NCCCc1cccc(F)c1)NCCc1ccccc1. The van der Waals surface area contributed by atoms with Crippen LogP contribution in [-0.4, -0.2) is 19.0 Å². The third kappa shape index (κ3) is 5.95. The fourth-order valence-electron chi connectivity index (χ4n) is 2.21. The first kappa shape index (κ1) is 16.0. The molecule has 0 aromatic heterocycles. The first-order valence-electron chi connectivity index (χ1n) is 7.56. The van der Waals surface area contributed by atoms with E-state index in [0.717, 1.165) is 31.4 Å². The smallest absolute Gasteiger partial charge is 0.188 e. The number of guanidine groups is 1. The Morgan fingerprint density at radius 2 is 1.77 bits per heavy atom. The largest absolute Gasteiger partial charge is 0.370 e. The maximum atomic E-state index is 13.0. The molecule has 0 bridgehead atoms. The number of aryl methyl sites for hydroxylation is 1. The van der Waals surface area contributed by atoms with Gasteiger partial charge in [0.25, 0.3) is 0 Å². The number of hydrogen-bond donors (Lipinski definition) is 2. The summed E-state index contributed by atoms with van der Waals surface area (Å²) in [6.45, 7) is 1.41. The van der Waals surface area contributed by atoms with Gasteiger partial charge in [-0.25, -0.2) is 4.39 Å². The van der Waals surface area contributed by atoms with E-state index in [4.69, 9.17) is 5.73 Å². The molecule has 2 aromatic rings. The van der Waals surface area contributed by atoms with Gasteiger partial charge >= 0.3 is 0 Å². The molecule has 3 nitrogen and oxygen atoms in total. The summed E-state index contributed by atoms with van der Waals surface area (Å²) in [5.74, 6) is 0.276. The summed E-state index contributed by atoms with van der Waals surface area (Å²) in [7, 11) is 0. The second kappa shape index (κ2) is 8.82. The number of aliphatic imine (C=N–C) groups is 1. The zero-order valence-corrected chi connectivity index (χ0v) is 12.6. The fraction of sp³-hybridized carbons (Fsp3) is 0.278. The highest BCUT2D eigenvalue weighted by atomic mass is 19.1. The third-order valence-corrected chi connectivity index (χ3v) is 3.36. The van der Waals surface area contributed by atoms with Crippen LogP contribution in [-0.2, 0) is 12.8 Å². The zero-order chi connectivity index (χ0) is 15.6. The van der Waals surface area contributed by atoms with E-state index >= 15 is 0 Å². The third-order valence-electron chi connectivity index (χ3n) is 3.36. The number of nitrogens with zero attached hydrogens (tertiary/aromatic N) is 1. The number of nitrogens with two attached hydrogens (primary N) is 1. The van der Waals surface area contributed by atoms with Gasteiger partial charge in [0.15, 0.2) is 5.96 Å². The fourth-order valence-corrected chi connectivity index (χ4v) is 2.21. The van der Waals surface area contributed by atoms with Gasteiger partial charge in [0.1, 0.15) is 5.82 Å². The lowest BCUT2D eigenvalue weighted by Crippen LogP contribution is -2.33. The van der Waals surface area contributed by atoms with Crippen molar-refractivity contribution >= 4 is 5.96 Å². The van der Waals surface area contributed by atoms with Crippen molar-refractivity contribution in [3.05, 3.63) is 71.5 Å². The van der Waals surface area contributed by atoms with Crippen molar-refractivity contribution in [2.75, 3.05) is 13.1 Å². The van der Waals surface area contributed by atoms with Crippen LogP contribution in [0.15, 0.2) is 59.6 Å². The van der Waals surface area contributed by atoms with Crippen LogP contribution < -0.4 is 11.1 Å². The van der Waals surface area contributed by atoms with Crippen molar-refractivity contribution in [1.29, 1.82) is 0 Å². The van der Waals surface area contributed by atoms with Gasteiger partial charge in [0, 0.05) is 13.1 Å². The van der Waals surface area contributed by atoms with E-state index in [1.807, 2.05) is 24.3 Å². The van der Waals surface area contributed by atoms with E-state index in [9.17, 15) is 4.39 Å². The van der Waals surface area contributed by atoms with Crippen LogP contribution in [0.2, 0.25) is 0 Å². The first-order valence-corrected chi connectivity index (χ1v) is 7.56. The normalized spacial score (nSPS) is 11.4. The molecule has 2 rings (SSSR count). The van der Waals surface area contributed by atoms with Crippen LogP contribution in [0, 0.1) is 5.82 Å². The van der Waals surface area contributed by atoms with Crippen molar-refractivity contribution in [3.63, 3.8) is 0 Å². The number of benzene rings is 2. The lowest BCUT2D eigenvalue weighted by molar-refractivity contribution is 0.624. The molecule has 0 radical (unpaired) electrons. The second-order valence-corrected chi connectivity index (χ2v) is 5.16. The molecular weight excluding hydrogens is 277 g/mol. The van der Waals surface area contributed by atoms with Crippen LogP contribution in [0.3, 0.4) is 0 Å². The van der Waals surface area contributed by atoms with Crippen LogP contribution in [0.1, 0.15) is 17.5 Å². The summed E-state index contributed by atoms with van der Waals surface area (Å²) in [6, 6.07) is 16.9. The minimum absolute atomic E-state index is 0.192. The Labute approximate surface area is 131 Å². The molecule has 0 fully saturated rings. The van der Waals surface area contributed by atoms with Gasteiger partial charge in [-0.3, -0.25) is 4.99 Å². The van der Waals surface area contributed by atoms with Crippen molar-refractivity contribution in [1.82, 2.24) is 5.32 Å². The van der Waals surface area contributed by atoms with E-state index in [1.54, 1.807) is 12.1 Å². The minimum Gasteiger partial charge on any atom is -0.370 e. The monoisotopic (exact) mass is 299 g/mol. The average molecular weight is 299 g/mol. The maximum Gasteiger partial charge on any atom is 0.188 e. The van der Waals surface area contributed by atoms with Gasteiger partial charge in [-0.05, 0) is 42.5 Å². The minimum atomic E-state index is -0.192. The van der Waals surface area contributed by atoms with Crippen LogP contribution in [0.5, 0.6) is 0 Å². The quantitative estimate of drug-likeness (QED) is 0.469. The van der Waals surface area contributed by atoms with Crippen molar-refractivity contribution < 1.29 is 4.39 Å². The molecule has 4 heteroatoms. The number of nitrogens with one attached hydrogen (secondary N) is 1. The Morgan fingerprint density at radius 1 is 1.00 bits per heavy atom. The van der Waals surface area contributed by atoms with Crippen molar-refractivity contribution in [2.24, 2.45) is 10.7 Å². The molecule has 0 saturated carbocycles. The van der Waals surface area contributed by atoms with E-state index in [-0.39, 0.29) is 5.82 Å². The number of halogens is 1. The van der Waals surface area contributed by atoms with Crippen molar-refractivity contribution in [2.45, 2.75) is 19.3 Å². The molecular formula is C18H22FN3. The average Bonchev–Trinajstić information content (AvgIpc) is 2.53. The summed E-state index contributed by atoms with van der Waals surface area (Å²) in [5, 5.41) is 3.11. The molecule has 0 aliphatic rings. The Morgan fingerprint density at radius 3 is 2.55 bits per heavy atom. The molecule has 0 heterocycles. The lowest BCUT2D eigenvalue weighted by atomic mass is 10.1. The van der Waals surface area contributed by atoms with E-state index < -0.39 is 0 Å². The van der Waals surface area contributed by atoms with Gasteiger partial charge in [0.2, 0.25) is 0 Å². The van der Waals surface area contributed by atoms with Crippen LogP contribution in [0.25, 0.3) is 0 Å². The van der Waals surface area contributed by atoms with Crippen LogP contribution >= 0.6 is 0 Å². The predicted octanol–water partition coefficient (Wildman–Crippen LogP) is 2.91. The predicted molar refractivity (Wildman–Crippen MR) is 89.4 cm³/mol. The Hall–Kier alpha value is -2.36. The summed E-state index contributed by atoms with van der Waals surface area (Å²) in [6.07, 6.45) is 2.57. The molecule has 0 aliphatic heterocycles. The molecule has 0 saturated heterocycles. The molecule has 22 heavy (non-hydrogen) atoms. The Bertz CT molecular complexity index is 596. The maximum absolute atomic E-state index is 13.0. The molecule has 3 N–H and O–H groups in total. The number of hydrogen-bond acceptors (Lipinski definition) is 1. The van der Waals surface area contributed by atoms with E-state index in [2.05, 4.69) is 22.4 Å². The highest BCUT2D eigenvalue weighted by Gasteiger charge is 1.96. The Kier molecular flexibility index (Phi) is 6.42. The Balaban J connectivity index is 1.63. The number of rotatable bonds is 7. The molecule has 0 atom stereocenters. The molecule has 2 aromatic carbocycles.